The van der Waals surface area contributed by atoms with Crippen LogP contribution in [0.3, 0.4) is 0 Å². The van der Waals surface area contributed by atoms with E-state index in [9.17, 15) is 9.18 Å². The van der Waals surface area contributed by atoms with Gasteiger partial charge in [0.2, 0.25) is 0 Å². The molecule has 1 aromatic heterocycles. The van der Waals surface area contributed by atoms with Crippen molar-refractivity contribution >= 4 is 28.5 Å². The second-order valence-electron chi connectivity index (χ2n) is 2.79. The van der Waals surface area contributed by atoms with Gasteiger partial charge in [0.05, 0.1) is 16.0 Å². The lowest BCUT2D eigenvalue weighted by atomic mass is 10.1. The molecule has 0 aliphatic heterocycles. The third-order valence-corrected chi connectivity index (χ3v) is 2.36. The number of hydrogen-bond acceptors (Lipinski definition) is 1. The van der Waals surface area contributed by atoms with Crippen LogP contribution in [0.15, 0.2) is 18.3 Å². The van der Waals surface area contributed by atoms with Gasteiger partial charge in [-0.15, -0.1) is 0 Å². The van der Waals surface area contributed by atoms with Crippen molar-refractivity contribution in [2.45, 2.75) is 0 Å². The first-order valence-corrected chi connectivity index (χ1v) is 4.17. The minimum Gasteiger partial charge on any atom is -0.478 e. The molecule has 0 spiro atoms. The average Bonchev–Trinajstić information content (AvgIpc) is 2.48. The number of rotatable bonds is 1. The number of carboxylic acid groups (broad SMARTS) is 1. The van der Waals surface area contributed by atoms with E-state index < -0.39 is 11.8 Å². The summed E-state index contributed by atoms with van der Waals surface area (Å²) in [6, 6.07) is 2.82. The highest BCUT2D eigenvalue weighted by atomic mass is 35.5. The third kappa shape index (κ3) is 1.15. The standard InChI is InChI=1S/C9H5ClFNO2/c10-8-4(9(13)14)1-2-6-7(8)5(11)3-12-6/h1-3,12H,(H,13,14). The van der Waals surface area contributed by atoms with Crippen LogP contribution in [-0.2, 0) is 0 Å². The molecule has 0 atom stereocenters. The van der Waals surface area contributed by atoms with Crippen LogP contribution in [-0.4, -0.2) is 16.1 Å². The van der Waals surface area contributed by atoms with Gasteiger partial charge in [0.15, 0.2) is 0 Å². The first-order chi connectivity index (χ1) is 6.61. The molecule has 0 aliphatic carbocycles. The van der Waals surface area contributed by atoms with Gasteiger partial charge in [0.25, 0.3) is 0 Å². The number of halogens is 2. The van der Waals surface area contributed by atoms with Gasteiger partial charge >= 0.3 is 5.97 Å². The largest absolute Gasteiger partial charge is 0.478 e. The second-order valence-corrected chi connectivity index (χ2v) is 3.17. The number of aromatic nitrogens is 1. The smallest absolute Gasteiger partial charge is 0.337 e. The molecule has 0 amide bonds. The summed E-state index contributed by atoms with van der Waals surface area (Å²) in [5, 5.41) is 8.78. The molecule has 1 aromatic carbocycles. The Hall–Kier alpha value is -1.55. The Bertz CT molecular complexity index is 521. The quantitative estimate of drug-likeness (QED) is 0.765. The maximum atomic E-state index is 13.1. The number of carboxylic acids is 1. The van der Waals surface area contributed by atoms with Crippen molar-refractivity contribution < 1.29 is 14.3 Å². The van der Waals surface area contributed by atoms with E-state index in [1.807, 2.05) is 0 Å². The van der Waals surface area contributed by atoms with Gasteiger partial charge < -0.3 is 10.1 Å². The van der Waals surface area contributed by atoms with Gasteiger partial charge in [-0.05, 0) is 12.1 Å². The van der Waals surface area contributed by atoms with E-state index in [0.717, 1.165) is 6.20 Å². The Morgan fingerprint density at radius 2 is 2.21 bits per heavy atom. The molecule has 0 aliphatic rings. The maximum Gasteiger partial charge on any atom is 0.337 e. The average molecular weight is 214 g/mol. The molecule has 0 radical (unpaired) electrons. The summed E-state index contributed by atoms with van der Waals surface area (Å²) in [5.41, 5.74) is 0.384. The predicted octanol–water partition coefficient (Wildman–Crippen LogP) is 2.66. The van der Waals surface area contributed by atoms with Crippen molar-refractivity contribution in [2.75, 3.05) is 0 Å². The highest BCUT2D eigenvalue weighted by Crippen LogP contribution is 2.28. The molecule has 72 valence electrons. The highest BCUT2D eigenvalue weighted by molar-refractivity contribution is 6.38. The fourth-order valence-corrected chi connectivity index (χ4v) is 1.64. The van der Waals surface area contributed by atoms with Crippen molar-refractivity contribution in [2.24, 2.45) is 0 Å². The summed E-state index contributed by atoms with van der Waals surface area (Å²) < 4.78 is 13.1. The predicted molar refractivity (Wildman–Crippen MR) is 50.2 cm³/mol. The molecular formula is C9H5ClFNO2. The molecule has 0 saturated heterocycles. The topological polar surface area (TPSA) is 53.1 Å². The number of aromatic amines is 1. The Kier molecular flexibility index (Phi) is 1.93. The van der Waals surface area contributed by atoms with E-state index in [-0.39, 0.29) is 16.0 Å². The molecular weight excluding hydrogens is 209 g/mol. The number of carbonyl (C=O) groups is 1. The fraction of sp³-hybridized carbons (Fsp3) is 0. The summed E-state index contributed by atoms with van der Waals surface area (Å²) >= 11 is 5.74. The normalized spacial score (nSPS) is 10.7. The molecule has 3 nitrogen and oxygen atoms in total. The minimum atomic E-state index is -1.17. The molecule has 0 unspecified atom stereocenters. The molecule has 0 saturated carbocycles. The number of aromatic carboxylic acids is 1. The summed E-state index contributed by atoms with van der Waals surface area (Å²) in [6.07, 6.45) is 1.14. The second kappa shape index (κ2) is 2.99. The Morgan fingerprint density at radius 3 is 2.86 bits per heavy atom. The molecule has 14 heavy (non-hydrogen) atoms. The minimum absolute atomic E-state index is 0.0752. The van der Waals surface area contributed by atoms with Crippen LogP contribution in [0, 0.1) is 5.82 Å². The summed E-state index contributed by atoms with van der Waals surface area (Å²) in [6.45, 7) is 0. The van der Waals surface area contributed by atoms with E-state index >= 15 is 0 Å². The van der Waals surface area contributed by atoms with E-state index in [1.165, 1.54) is 12.1 Å². The van der Waals surface area contributed by atoms with Crippen LogP contribution < -0.4 is 0 Å². The van der Waals surface area contributed by atoms with E-state index in [0.29, 0.717) is 5.52 Å². The van der Waals surface area contributed by atoms with E-state index in [1.54, 1.807) is 0 Å². The van der Waals surface area contributed by atoms with Gasteiger partial charge in [-0.1, -0.05) is 11.6 Å². The van der Waals surface area contributed by atoms with Gasteiger partial charge in [-0.2, -0.15) is 0 Å². The van der Waals surface area contributed by atoms with Gasteiger partial charge in [-0.3, -0.25) is 0 Å². The zero-order chi connectivity index (χ0) is 10.3. The summed E-state index contributed by atoms with van der Waals surface area (Å²) in [7, 11) is 0. The van der Waals surface area contributed by atoms with Gasteiger partial charge in [0, 0.05) is 11.7 Å². The van der Waals surface area contributed by atoms with Gasteiger partial charge in [0.1, 0.15) is 5.82 Å². The number of nitrogens with one attached hydrogen (secondary N) is 1. The monoisotopic (exact) mass is 213 g/mol. The first-order valence-electron chi connectivity index (χ1n) is 3.79. The van der Waals surface area contributed by atoms with Crippen molar-refractivity contribution in [3.63, 3.8) is 0 Å². The van der Waals surface area contributed by atoms with Crippen LogP contribution in [0.4, 0.5) is 4.39 Å². The Balaban J connectivity index is 2.86. The molecule has 1 heterocycles. The number of H-pyrrole nitrogens is 1. The van der Waals surface area contributed by atoms with Gasteiger partial charge in [-0.25, -0.2) is 9.18 Å². The van der Waals surface area contributed by atoms with Crippen molar-refractivity contribution in [3.8, 4) is 0 Å². The van der Waals surface area contributed by atoms with Crippen molar-refractivity contribution in [3.05, 3.63) is 34.7 Å². The zero-order valence-electron chi connectivity index (χ0n) is 6.84. The van der Waals surface area contributed by atoms with E-state index in [2.05, 4.69) is 4.98 Å². The van der Waals surface area contributed by atoms with Crippen molar-refractivity contribution in [1.29, 1.82) is 0 Å². The molecule has 0 bridgehead atoms. The molecule has 0 fully saturated rings. The molecule has 2 rings (SSSR count). The number of benzene rings is 1. The highest BCUT2D eigenvalue weighted by Gasteiger charge is 2.15. The lowest BCUT2D eigenvalue weighted by Gasteiger charge is -1.99. The Labute approximate surface area is 83.1 Å². The third-order valence-electron chi connectivity index (χ3n) is 1.97. The fourth-order valence-electron chi connectivity index (χ4n) is 1.31. The lowest BCUT2D eigenvalue weighted by molar-refractivity contribution is 0.0697. The zero-order valence-corrected chi connectivity index (χ0v) is 7.60. The lowest BCUT2D eigenvalue weighted by Crippen LogP contribution is -1.97. The number of fused-ring (bicyclic) bond motifs is 1. The summed E-state index contributed by atoms with van der Waals surface area (Å²) in [4.78, 5) is 13.3. The maximum absolute atomic E-state index is 13.1. The molecule has 2 N–H and O–H groups in total. The molecule has 2 aromatic rings. The van der Waals surface area contributed by atoms with Crippen molar-refractivity contribution in [1.82, 2.24) is 4.98 Å². The molecule has 5 heteroatoms. The first kappa shape index (κ1) is 9.02. The van der Waals surface area contributed by atoms with Crippen LogP contribution in [0.5, 0.6) is 0 Å². The summed E-state index contributed by atoms with van der Waals surface area (Å²) in [5.74, 6) is -1.72. The Morgan fingerprint density at radius 1 is 1.50 bits per heavy atom. The number of hydrogen-bond donors (Lipinski definition) is 2. The van der Waals surface area contributed by atoms with Crippen LogP contribution >= 0.6 is 11.6 Å². The SMILES string of the molecule is O=C(O)c1ccc2[nH]cc(F)c2c1Cl. The van der Waals surface area contributed by atoms with Crippen LogP contribution in [0.2, 0.25) is 5.02 Å². The van der Waals surface area contributed by atoms with Crippen LogP contribution in [0.25, 0.3) is 10.9 Å². The van der Waals surface area contributed by atoms with E-state index in [4.69, 9.17) is 16.7 Å². The van der Waals surface area contributed by atoms with Crippen LogP contribution in [0.1, 0.15) is 10.4 Å².